The highest BCUT2D eigenvalue weighted by molar-refractivity contribution is 5.82. The second-order valence-corrected chi connectivity index (χ2v) is 4.72. The minimum Gasteiger partial charge on any atom is -0.481 e. The van der Waals surface area contributed by atoms with E-state index in [1.54, 1.807) is 18.2 Å². The van der Waals surface area contributed by atoms with Gasteiger partial charge in [0.1, 0.15) is 5.82 Å². The van der Waals surface area contributed by atoms with Gasteiger partial charge in [-0.2, -0.15) is 0 Å². The Hall–Kier alpha value is -2.70. The zero-order chi connectivity index (χ0) is 15.4. The van der Waals surface area contributed by atoms with Crippen molar-refractivity contribution in [2.75, 3.05) is 18.5 Å². The van der Waals surface area contributed by atoms with Crippen molar-refractivity contribution in [1.29, 1.82) is 0 Å². The lowest BCUT2D eigenvalue weighted by Gasteiger charge is -2.17. The Kier molecular flexibility index (Phi) is 4.32. The lowest BCUT2D eigenvalue weighted by atomic mass is 10.2. The van der Waals surface area contributed by atoms with Crippen LogP contribution < -0.4 is 4.90 Å². The number of fused-ring (bicyclic) bond motifs is 1. The van der Waals surface area contributed by atoms with Crippen LogP contribution in [0.1, 0.15) is 12.8 Å². The van der Waals surface area contributed by atoms with Gasteiger partial charge in [0.15, 0.2) is 0 Å². The number of benzene rings is 1. The number of non-ortho nitro benzene ring substituents is 1. The number of aliphatic carboxylic acids is 1. The SMILES string of the molecule is CN(CCCC(=O)O)c1ccc2cc([N+](=O)[O-])ccc2n1. The third-order valence-electron chi connectivity index (χ3n) is 3.14. The molecule has 0 aliphatic carbocycles. The number of carbonyl (C=O) groups is 1. The largest absolute Gasteiger partial charge is 0.481 e. The lowest BCUT2D eigenvalue weighted by molar-refractivity contribution is -0.384. The first kappa shape index (κ1) is 14.7. The highest BCUT2D eigenvalue weighted by Crippen LogP contribution is 2.22. The van der Waals surface area contributed by atoms with Gasteiger partial charge in [-0.1, -0.05) is 0 Å². The summed E-state index contributed by atoms with van der Waals surface area (Å²) < 4.78 is 0. The molecule has 1 heterocycles. The first-order valence-corrected chi connectivity index (χ1v) is 6.45. The molecule has 7 nitrogen and oxygen atoms in total. The van der Waals surface area contributed by atoms with E-state index in [4.69, 9.17) is 5.11 Å². The summed E-state index contributed by atoms with van der Waals surface area (Å²) in [6.45, 7) is 0.581. The summed E-state index contributed by atoms with van der Waals surface area (Å²) in [5.41, 5.74) is 0.704. The van der Waals surface area contributed by atoms with Gasteiger partial charge in [0.25, 0.3) is 5.69 Å². The van der Waals surface area contributed by atoms with E-state index in [1.807, 2.05) is 11.9 Å². The van der Waals surface area contributed by atoms with Crippen LogP contribution >= 0.6 is 0 Å². The molecule has 0 amide bonds. The quantitative estimate of drug-likeness (QED) is 0.648. The molecule has 0 saturated heterocycles. The fraction of sp³-hybridized carbons (Fsp3) is 0.286. The van der Waals surface area contributed by atoms with Gasteiger partial charge in [0.05, 0.1) is 10.4 Å². The number of pyridine rings is 1. The van der Waals surface area contributed by atoms with Gasteiger partial charge < -0.3 is 10.0 Å². The van der Waals surface area contributed by atoms with Crippen molar-refractivity contribution in [3.63, 3.8) is 0 Å². The molecule has 0 spiro atoms. The van der Waals surface area contributed by atoms with Crippen LogP contribution in [0, 0.1) is 10.1 Å². The smallest absolute Gasteiger partial charge is 0.303 e. The van der Waals surface area contributed by atoms with E-state index in [-0.39, 0.29) is 12.1 Å². The Bertz CT molecular complexity index is 687. The Morgan fingerprint density at radius 3 is 2.81 bits per heavy atom. The summed E-state index contributed by atoms with van der Waals surface area (Å²) in [5.74, 6) is -0.107. The molecular formula is C14H15N3O4. The van der Waals surface area contributed by atoms with Gasteiger partial charge in [-0.25, -0.2) is 4.98 Å². The predicted molar refractivity (Wildman–Crippen MR) is 78.5 cm³/mol. The number of hydrogen-bond acceptors (Lipinski definition) is 5. The molecule has 7 heteroatoms. The highest BCUT2D eigenvalue weighted by Gasteiger charge is 2.09. The Balaban J connectivity index is 2.16. The zero-order valence-electron chi connectivity index (χ0n) is 11.5. The fourth-order valence-corrected chi connectivity index (χ4v) is 2.01. The van der Waals surface area contributed by atoms with Crippen LogP contribution in [0.2, 0.25) is 0 Å². The molecule has 0 saturated carbocycles. The van der Waals surface area contributed by atoms with Crippen molar-refractivity contribution < 1.29 is 14.8 Å². The number of aromatic nitrogens is 1. The third kappa shape index (κ3) is 3.65. The summed E-state index contributed by atoms with van der Waals surface area (Å²) in [4.78, 5) is 27.1. The van der Waals surface area contributed by atoms with Crippen molar-refractivity contribution in [2.45, 2.75) is 12.8 Å². The molecule has 2 rings (SSSR count). The van der Waals surface area contributed by atoms with E-state index in [0.717, 1.165) is 0 Å². The molecule has 0 atom stereocenters. The number of carboxylic acid groups (broad SMARTS) is 1. The van der Waals surface area contributed by atoms with Gasteiger partial charge in [-0.3, -0.25) is 14.9 Å². The van der Waals surface area contributed by atoms with Gasteiger partial charge in [-0.05, 0) is 24.6 Å². The van der Waals surface area contributed by atoms with Gasteiger partial charge >= 0.3 is 5.97 Å². The molecule has 0 radical (unpaired) electrons. The van der Waals surface area contributed by atoms with Crippen LogP contribution in [-0.4, -0.2) is 34.6 Å². The Labute approximate surface area is 121 Å². The third-order valence-corrected chi connectivity index (χ3v) is 3.14. The molecule has 0 fully saturated rings. The maximum absolute atomic E-state index is 10.7. The Morgan fingerprint density at radius 2 is 2.14 bits per heavy atom. The molecule has 0 aliphatic rings. The number of nitrogens with zero attached hydrogens (tertiary/aromatic N) is 3. The first-order valence-electron chi connectivity index (χ1n) is 6.45. The summed E-state index contributed by atoms with van der Waals surface area (Å²) in [6.07, 6.45) is 0.649. The first-order chi connectivity index (χ1) is 9.97. The van der Waals surface area contributed by atoms with Gasteiger partial charge in [0, 0.05) is 37.5 Å². The normalized spacial score (nSPS) is 10.5. The molecule has 0 aliphatic heterocycles. The van der Waals surface area contributed by atoms with Crippen LogP contribution in [-0.2, 0) is 4.79 Å². The number of hydrogen-bond donors (Lipinski definition) is 1. The summed E-state index contributed by atoms with van der Waals surface area (Å²) in [6, 6.07) is 8.06. The second-order valence-electron chi connectivity index (χ2n) is 4.72. The molecule has 0 unspecified atom stereocenters. The number of carboxylic acids is 1. The number of anilines is 1. The molecule has 110 valence electrons. The molecular weight excluding hydrogens is 274 g/mol. The average Bonchev–Trinajstić information content (AvgIpc) is 2.45. The molecule has 2 aromatic rings. The minimum absolute atomic E-state index is 0.0341. The van der Waals surface area contributed by atoms with E-state index in [2.05, 4.69) is 4.98 Å². The summed E-state index contributed by atoms with van der Waals surface area (Å²) in [7, 11) is 1.83. The van der Waals surface area contributed by atoms with E-state index in [9.17, 15) is 14.9 Å². The molecule has 1 aromatic heterocycles. The maximum Gasteiger partial charge on any atom is 0.303 e. The maximum atomic E-state index is 10.7. The number of nitro benzene ring substituents is 1. The van der Waals surface area contributed by atoms with Crippen LogP contribution in [0.5, 0.6) is 0 Å². The van der Waals surface area contributed by atoms with Crippen molar-refractivity contribution in [2.24, 2.45) is 0 Å². The standard InChI is InChI=1S/C14H15N3O4/c1-16(8-2-3-14(18)19)13-7-4-10-9-11(17(20)21)5-6-12(10)15-13/h4-7,9H,2-3,8H2,1H3,(H,18,19). The van der Waals surface area contributed by atoms with Crippen LogP contribution in [0.3, 0.4) is 0 Å². The zero-order valence-corrected chi connectivity index (χ0v) is 11.5. The van der Waals surface area contributed by atoms with Crippen LogP contribution in [0.15, 0.2) is 30.3 Å². The van der Waals surface area contributed by atoms with Crippen molar-refractivity contribution in [1.82, 2.24) is 4.98 Å². The number of nitro groups is 1. The Morgan fingerprint density at radius 1 is 1.38 bits per heavy atom. The second kappa shape index (κ2) is 6.17. The van der Waals surface area contributed by atoms with Crippen LogP contribution in [0.4, 0.5) is 11.5 Å². The predicted octanol–water partition coefficient (Wildman–Crippen LogP) is 2.44. The summed E-state index contributed by atoms with van der Waals surface area (Å²) >= 11 is 0. The van der Waals surface area contributed by atoms with E-state index in [0.29, 0.717) is 29.7 Å². The average molecular weight is 289 g/mol. The molecule has 1 aromatic carbocycles. The lowest BCUT2D eigenvalue weighted by Crippen LogP contribution is -2.20. The van der Waals surface area contributed by atoms with Crippen molar-refractivity contribution in [3.8, 4) is 0 Å². The molecule has 1 N–H and O–H groups in total. The van der Waals surface area contributed by atoms with Gasteiger partial charge in [-0.15, -0.1) is 0 Å². The monoisotopic (exact) mass is 289 g/mol. The van der Waals surface area contributed by atoms with E-state index < -0.39 is 10.9 Å². The van der Waals surface area contributed by atoms with E-state index >= 15 is 0 Å². The van der Waals surface area contributed by atoms with E-state index in [1.165, 1.54) is 12.1 Å². The summed E-state index contributed by atoms with van der Waals surface area (Å²) in [5, 5.41) is 20.0. The topological polar surface area (TPSA) is 96.6 Å². The molecule has 21 heavy (non-hydrogen) atoms. The molecule has 0 bridgehead atoms. The highest BCUT2D eigenvalue weighted by atomic mass is 16.6. The van der Waals surface area contributed by atoms with Crippen molar-refractivity contribution >= 4 is 28.4 Å². The van der Waals surface area contributed by atoms with Crippen molar-refractivity contribution in [3.05, 3.63) is 40.4 Å². The van der Waals surface area contributed by atoms with Crippen LogP contribution in [0.25, 0.3) is 10.9 Å². The fourth-order valence-electron chi connectivity index (χ4n) is 2.01. The number of rotatable bonds is 6. The van der Waals surface area contributed by atoms with Gasteiger partial charge in [0.2, 0.25) is 0 Å². The minimum atomic E-state index is -0.817.